The maximum absolute atomic E-state index is 12.6. The van der Waals surface area contributed by atoms with Crippen molar-refractivity contribution in [2.45, 2.75) is 19.8 Å². The van der Waals surface area contributed by atoms with Gasteiger partial charge in [0.1, 0.15) is 0 Å². The number of fused-ring (bicyclic) bond motifs is 1. The molecule has 0 radical (unpaired) electrons. The summed E-state index contributed by atoms with van der Waals surface area (Å²) in [6, 6.07) is 13.5. The summed E-state index contributed by atoms with van der Waals surface area (Å²) in [7, 11) is 0. The van der Waals surface area contributed by atoms with E-state index < -0.39 is 0 Å². The number of carbonyl (C=O) groups is 1. The summed E-state index contributed by atoms with van der Waals surface area (Å²) in [5, 5.41) is 0. The molecule has 2 aromatic rings. The molecule has 0 atom stereocenters. The molecular formula is C19H20BrNO3. The first-order valence-electron chi connectivity index (χ1n) is 8.12. The zero-order valence-electron chi connectivity index (χ0n) is 13.6. The number of halogens is 1. The van der Waals surface area contributed by atoms with Crippen LogP contribution >= 0.6 is 15.9 Å². The predicted octanol–water partition coefficient (Wildman–Crippen LogP) is 4.21. The van der Waals surface area contributed by atoms with Crippen LogP contribution in [-0.4, -0.2) is 25.7 Å². The first-order valence-corrected chi connectivity index (χ1v) is 8.91. The molecule has 0 N–H and O–H groups in total. The van der Waals surface area contributed by atoms with E-state index in [0.29, 0.717) is 18.1 Å². The van der Waals surface area contributed by atoms with Gasteiger partial charge in [0.15, 0.2) is 18.1 Å². The second kappa shape index (κ2) is 7.71. The average molecular weight is 390 g/mol. The molecule has 2 aromatic carbocycles. The SMILES string of the molecule is CCOc1ccccc1OCC(=O)N1CCCc2cc(Br)ccc21. The Bertz CT molecular complexity index is 732. The lowest BCUT2D eigenvalue weighted by Gasteiger charge is -2.29. The van der Waals surface area contributed by atoms with Crippen molar-refractivity contribution in [3.63, 3.8) is 0 Å². The fourth-order valence-electron chi connectivity index (χ4n) is 2.89. The Morgan fingerprint density at radius 2 is 1.92 bits per heavy atom. The normalized spacial score (nSPS) is 13.3. The standard InChI is InChI=1S/C19H20BrNO3/c1-2-23-17-7-3-4-8-18(17)24-13-19(22)21-11-5-6-14-12-15(20)9-10-16(14)21/h3-4,7-10,12H,2,5-6,11,13H2,1H3. The molecule has 0 aliphatic carbocycles. The van der Waals surface area contributed by atoms with Gasteiger partial charge in [0, 0.05) is 16.7 Å². The van der Waals surface area contributed by atoms with Gasteiger partial charge in [0.2, 0.25) is 0 Å². The topological polar surface area (TPSA) is 38.8 Å². The number of anilines is 1. The number of hydrogen-bond acceptors (Lipinski definition) is 3. The molecule has 0 bridgehead atoms. The number of para-hydroxylation sites is 2. The summed E-state index contributed by atoms with van der Waals surface area (Å²) < 4.78 is 12.3. The molecule has 1 heterocycles. The van der Waals surface area contributed by atoms with Crippen molar-refractivity contribution in [3.8, 4) is 11.5 Å². The molecule has 1 aliphatic heterocycles. The lowest BCUT2D eigenvalue weighted by atomic mass is 10.0. The largest absolute Gasteiger partial charge is 0.490 e. The molecule has 126 valence electrons. The molecule has 4 nitrogen and oxygen atoms in total. The first kappa shape index (κ1) is 16.8. The molecule has 0 saturated carbocycles. The van der Waals surface area contributed by atoms with Crippen LogP contribution in [0.4, 0.5) is 5.69 Å². The monoisotopic (exact) mass is 389 g/mol. The predicted molar refractivity (Wildman–Crippen MR) is 97.9 cm³/mol. The van der Waals surface area contributed by atoms with Crippen molar-refractivity contribution < 1.29 is 14.3 Å². The number of ether oxygens (including phenoxy) is 2. The van der Waals surface area contributed by atoms with Crippen LogP contribution in [0.2, 0.25) is 0 Å². The van der Waals surface area contributed by atoms with E-state index in [1.807, 2.05) is 48.2 Å². The number of hydrogen-bond donors (Lipinski definition) is 0. The van der Waals surface area contributed by atoms with Crippen LogP contribution in [0, 0.1) is 0 Å². The Kier molecular flexibility index (Phi) is 5.41. The highest BCUT2D eigenvalue weighted by Gasteiger charge is 2.23. The third-order valence-corrected chi connectivity index (χ3v) is 4.45. The van der Waals surface area contributed by atoms with Crippen LogP contribution in [-0.2, 0) is 11.2 Å². The Morgan fingerprint density at radius 3 is 2.67 bits per heavy atom. The van der Waals surface area contributed by atoms with E-state index in [-0.39, 0.29) is 12.5 Å². The minimum absolute atomic E-state index is 0.000405. The Labute approximate surface area is 150 Å². The summed E-state index contributed by atoms with van der Waals surface area (Å²) in [6.45, 7) is 3.21. The van der Waals surface area contributed by atoms with Gasteiger partial charge in [0.25, 0.3) is 5.91 Å². The molecule has 5 heteroatoms. The molecule has 3 rings (SSSR count). The van der Waals surface area contributed by atoms with Crippen molar-refractivity contribution >= 4 is 27.5 Å². The van der Waals surface area contributed by atoms with Crippen molar-refractivity contribution in [2.75, 3.05) is 24.7 Å². The summed E-state index contributed by atoms with van der Waals surface area (Å²) in [6.07, 6.45) is 1.96. The Balaban J connectivity index is 1.71. The molecular weight excluding hydrogens is 370 g/mol. The van der Waals surface area contributed by atoms with Crippen molar-refractivity contribution in [2.24, 2.45) is 0 Å². The minimum atomic E-state index is -0.0374. The molecule has 0 spiro atoms. The third-order valence-electron chi connectivity index (χ3n) is 3.96. The second-order valence-corrected chi connectivity index (χ2v) is 6.51. The first-order chi connectivity index (χ1) is 11.7. The second-order valence-electron chi connectivity index (χ2n) is 5.59. The fourth-order valence-corrected chi connectivity index (χ4v) is 3.29. The summed E-state index contributed by atoms with van der Waals surface area (Å²) in [4.78, 5) is 14.5. The van der Waals surface area contributed by atoms with E-state index in [0.717, 1.165) is 29.5 Å². The lowest BCUT2D eigenvalue weighted by molar-refractivity contribution is -0.120. The molecule has 0 saturated heterocycles. The highest BCUT2D eigenvalue weighted by molar-refractivity contribution is 9.10. The molecule has 0 unspecified atom stereocenters. The summed E-state index contributed by atoms with van der Waals surface area (Å²) >= 11 is 3.49. The molecule has 0 aromatic heterocycles. The van der Waals surface area contributed by atoms with E-state index >= 15 is 0 Å². The van der Waals surface area contributed by atoms with Crippen LogP contribution in [0.5, 0.6) is 11.5 Å². The van der Waals surface area contributed by atoms with Gasteiger partial charge in [-0.25, -0.2) is 0 Å². The fraction of sp³-hybridized carbons (Fsp3) is 0.316. The van der Waals surface area contributed by atoms with Gasteiger partial charge >= 0.3 is 0 Å². The molecule has 1 amide bonds. The van der Waals surface area contributed by atoms with Gasteiger partial charge in [-0.05, 0) is 55.7 Å². The van der Waals surface area contributed by atoms with Crippen LogP contribution in [0.1, 0.15) is 18.9 Å². The number of nitrogens with zero attached hydrogens (tertiary/aromatic N) is 1. The molecule has 1 aliphatic rings. The molecule has 24 heavy (non-hydrogen) atoms. The van der Waals surface area contributed by atoms with Crippen LogP contribution in [0.25, 0.3) is 0 Å². The maximum Gasteiger partial charge on any atom is 0.264 e. The lowest BCUT2D eigenvalue weighted by Crippen LogP contribution is -2.38. The van der Waals surface area contributed by atoms with Crippen molar-refractivity contribution in [1.29, 1.82) is 0 Å². The zero-order chi connectivity index (χ0) is 16.9. The third kappa shape index (κ3) is 3.73. The highest BCUT2D eigenvalue weighted by Crippen LogP contribution is 2.30. The van der Waals surface area contributed by atoms with Gasteiger partial charge in [-0.3, -0.25) is 4.79 Å². The number of aryl methyl sites for hydroxylation is 1. The van der Waals surface area contributed by atoms with Gasteiger partial charge in [-0.15, -0.1) is 0 Å². The average Bonchev–Trinajstić information content (AvgIpc) is 2.60. The van der Waals surface area contributed by atoms with Gasteiger partial charge < -0.3 is 14.4 Å². The highest BCUT2D eigenvalue weighted by atomic mass is 79.9. The van der Waals surface area contributed by atoms with E-state index in [9.17, 15) is 4.79 Å². The number of rotatable bonds is 5. The van der Waals surface area contributed by atoms with Gasteiger partial charge in [0.05, 0.1) is 6.61 Å². The van der Waals surface area contributed by atoms with E-state index in [2.05, 4.69) is 22.0 Å². The zero-order valence-corrected chi connectivity index (χ0v) is 15.2. The van der Waals surface area contributed by atoms with E-state index in [1.54, 1.807) is 0 Å². The minimum Gasteiger partial charge on any atom is -0.490 e. The summed E-state index contributed by atoms with van der Waals surface area (Å²) in [5.74, 6) is 1.22. The number of benzene rings is 2. The quantitative estimate of drug-likeness (QED) is 0.768. The maximum atomic E-state index is 12.6. The van der Waals surface area contributed by atoms with E-state index in [1.165, 1.54) is 5.56 Å². The van der Waals surface area contributed by atoms with Crippen LogP contribution < -0.4 is 14.4 Å². The van der Waals surface area contributed by atoms with E-state index in [4.69, 9.17) is 9.47 Å². The van der Waals surface area contributed by atoms with Crippen LogP contribution in [0.3, 0.4) is 0 Å². The van der Waals surface area contributed by atoms with Crippen molar-refractivity contribution in [1.82, 2.24) is 0 Å². The molecule has 0 fully saturated rings. The summed E-state index contributed by atoms with van der Waals surface area (Å²) in [5.41, 5.74) is 2.18. The van der Waals surface area contributed by atoms with Gasteiger partial charge in [-0.1, -0.05) is 28.1 Å². The number of amides is 1. The Hall–Kier alpha value is -2.01. The van der Waals surface area contributed by atoms with Crippen LogP contribution in [0.15, 0.2) is 46.9 Å². The Morgan fingerprint density at radius 1 is 1.17 bits per heavy atom. The van der Waals surface area contributed by atoms with Crippen molar-refractivity contribution in [3.05, 3.63) is 52.5 Å². The number of carbonyl (C=O) groups excluding carboxylic acids is 1. The smallest absolute Gasteiger partial charge is 0.264 e. The van der Waals surface area contributed by atoms with Gasteiger partial charge in [-0.2, -0.15) is 0 Å².